The van der Waals surface area contributed by atoms with E-state index in [2.05, 4.69) is 5.32 Å². The molecule has 1 amide bonds. The Kier molecular flexibility index (Phi) is 7.26. The van der Waals surface area contributed by atoms with E-state index in [1.807, 2.05) is 0 Å². The molecule has 1 aliphatic carbocycles. The zero-order valence-electron chi connectivity index (χ0n) is 13.0. The number of benzene rings is 1. The van der Waals surface area contributed by atoms with E-state index in [1.165, 1.54) is 6.07 Å². The first-order valence-corrected chi connectivity index (χ1v) is 7.32. The van der Waals surface area contributed by atoms with Crippen LogP contribution in [0.3, 0.4) is 0 Å². The molecule has 2 rings (SSSR count). The van der Waals surface area contributed by atoms with E-state index in [0.717, 1.165) is 18.4 Å². The highest BCUT2D eigenvalue weighted by atomic mass is 35.5. The van der Waals surface area contributed by atoms with Gasteiger partial charge in [0.15, 0.2) is 0 Å². The quantitative estimate of drug-likeness (QED) is 0.890. The van der Waals surface area contributed by atoms with Crippen LogP contribution >= 0.6 is 12.4 Å². The lowest BCUT2D eigenvalue weighted by molar-refractivity contribution is -0.127. The van der Waals surface area contributed by atoms with Crippen molar-refractivity contribution in [2.24, 2.45) is 11.7 Å². The largest absolute Gasteiger partial charge is 0.380 e. The summed E-state index contributed by atoms with van der Waals surface area (Å²) in [7, 11) is 1.65. The van der Waals surface area contributed by atoms with Crippen LogP contribution in [0.4, 0.5) is 4.39 Å². The van der Waals surface area contributed by atoms with Gasteiger partial charge in [-0.3, -0.25) is 4.79 Å². The smallest absolute Gasteiger partial charge is 0.223 e. The topological polar surface area (TPSA) is 64.3 Å². The maximum atomic E-state index is 13.2. The summed E-state index contributed by atoms with van der Waals surface area (Å²) in [4.78, 5) is 12.2. The Morgan fingerprint density at radius 2 is 2.18 bits per heavy atom. The summed E-state index contributed by atoms with van der Waals surface area (Å²) in [5.74, 6) is -0.274. The summed E-state index contributed by atoms with van der Waals surface area (Å²) in [6.07, 6.45) is 2.30. The van der Waals surface area contributed by atoms with E-state index >= 15 is 0 Å². The van der Waals surface area contributed by atoms with E-state index < -0.39 is 0 Å². The summed E-state index contributed by atoms with van der Waals surface area (Å²) in [6, 6.07) is 4.78. The number of ether oxygens (including phenoxy) is 1. The van der Waals surface area contributed by atoms with Crippen molar-refractivity contribution in [3.05, 3.63) is 35.1 Å². The van der Waals surface area contributed by atoms with E-state index in [9.17, 15) is 9.18 Å². The molecule has 3 atom stereocenters. The Morgan fingerprint density at radius 3 is 2.77 bits per heavy atom. The SMILES string of the molecule is CO[C@@H]1CC[C@H](C(=O)NCc2ccc(F)c(C)c2)C[C@H]1N.Cl. The van der Waals surface area contributed by atoms with E-state index in [4.69, 9.17) is 10.5 Å². The lowest BCUT2D eigenvalue weighted by atomic mass is 9.83. The number of rotatable bonds is 4. The monoisotopic (exact) mass is 330 g/mol. The molecule has 0 heterocycles. The van der Waals surface area contributed by atoms with Crippen molar-refractivity contribution in [2.75, 3.05) is 7.11 Å². The summed E-state index contributed by atoms with van der Waals surface area (Å²) in [5.41, 5.74) is 7.50. The first kappa shape index (κ1) is 18.9. The number of methoxy groups -OCH3 is 1. The van der Waals surface area contributed by atoms with Gasteiger partial charge in [-0.15, -0.1) is 12.4 Å². The molecule has 0 aliphatic heterocycles. The molecule has 1 aromatic carbocycles. The molecule has 0 bridgehead atoms. The molecule has 1 fully saturated rings. The molecule has 6 heteroatoms. The third kappa shape index (κ3) is 4.66. The fourth-order valence-electron chi connectivity index (χ4n) is 2.86. The third-order valence-corrected chi connectivity index (χ3v) is 4.20. The highest BCUT2D eigenvalue weighted by Crippen LogP contribution is 2.25. The van der Waals surface area contributed by atoms with Crippen molar-refractivity contribution in [1.29, 1.82) is 0 Å². The predicted molar refractivity (Wildman–Crippen MR) is 86.3 cm³/mol. The molecule has 0 aromatic heterocycles. The molecular formula is C16H24ClFN2O2. The number of carbonyl (C=O) groups excluding carboxylic acids is 1. The third-order valence-electron chi connectivity index (χ3n) is 4.20. The molecule has 124 valence electrons. The van der Waals surface area contributed by atoms with Gasteiger partial charge in [0.1, 0.15) is 5.82 Å². The van der Waals surface area contributed by atoms with Crippen LogP contribution in [0.5, 0.6) is 0 Å². The van der Waals surface area contributed by atoms with Crippen molar-refractivity contribution in [1.82, 2.24) is 5.32 Å². The number of hydrogen-bond acceptors (Lipinski definition) is 3. The Bertz CT molecular complexity index is 513. The second kappa shape index (κ2) is 8.46. The van der Waals surface area contributed by atoms with Gasteiger partial charge >= 0.3 is 0 Å². The molecule has 22 heavy (non-hydrogen) atoms. The van der Waals surface area contributed by atoms with Crippen LogP contribution in [0.1, 0.15) is 30.4 Å². The molecule has 0 unspecified atom stereocenters. The minimum absolute atomic E-state index is 0. The molecule has 0 saturated heterocycles. The standard InChI is InChI=1S/C16H23FN2O2.ClH/c1-10-7-11(3-5-13(10)17)9-19-16(20)12-4-6-15(21-2)14(18)8-12;/h3,5,7,12,14-15H,4,6,8-9,18H2,1-2H3,(H,19,20);1H/t12-,14+,15+;/m0./s1. The number of nitrogens with two attached hydrogens (primary N) is 1. The van der Waals surface area contributed by atoms with Crippen LogP contribution in [0.15, 0.2) is 18.2 Å². The van der Waals surface area contributed by atoms with Crippen LogP contribution in [0.25, 0.3) is 0 Å². The fourth-order valence-corrected chi connectivity index (χ4v) is 2.86. The maximum Gasteiger partial charge on any atom is 0.223 e. The van der Waals surface area contributed by atoms with Gasteiger partial charge in [-0.05, 0) is 43.4 Å². The highest BCUT2D eigenvalue weighted by molar-refractivity contribution is 5.85. The predicted octanol–water partition coefficient (Wildman–Crippen LogP) is 2.31. The first-order valence-electron chi connectivity index (χ1n) is 7.32. The van der Waals surface area contributed by atoms with Gasteiger partial charge in [-0.2, -0.15) is 0 Å². The summed E-state index contributed by atoms with van der Waals surface area (Å²) in [5, 5.41) is 2.91. The van der Waals surface area contributed by atoms with Crippen LogP contribution in [0.2, 0.25) is 0 Å². The number of amides is 1. The molecule has 3 N–H and O–H groups in total. The molecular weight excluding hydrogens is 307 g/mol. The zero-order valence-corrected chi connectivity index (χ0v) is 13.8. The van der Waals surface area contributed by atoms with Gasteiger partial charge in [0, 0.05) is 25.6 Å². The molecule has 1 saturated carbocycles. The van der Waals surface area contributed by atoms with E-state index in [-0.39, 0.29) is 42.2 Å². The van der Waals surface area contributed by atoms with Crippen LogP contribution in [-0.4, -0.2) is 25.2 Å². The normalized spacial score (nSPS) is 24.5. The second-order valence-corrected chi connectivity index (χ2v) is 5.75. The number of halogens is 2. The van der Waals surface area contributed by atoms with Gasteiger partial charge in [0.25, 0.3) is 0 Å². The second-order valence-electron chi connectivity index (χ2n) is 5.75. The Labute approximate surface area is 137 Å². The molecule has 0 radical (unpaired) electrons. The van der Waals surface area contributed by atoms with E-state index in [1.54, 1.807) is 26.2 Å². The Morgan fingerprint density at radius 1 is 1.45 bits per heavy atom. The number of hydrogen-bond donors (Lipinski definition) is 2. The zero-order chi connectivity index (χ0) is 15.4. The van der Waals surface area contributed by atoms with Gasteiger partial charge in [-0.1, -0.05) is 12.1 Å². The number of aryl methyl sites for hydroxylation is 1. The molecule has 1 aromatic rings. The Balaban J connectivity index is 0.00000242. The van der Waals surface area contributed by atoms with Crippen LogP contribution in [0, 0.1) is 18.7 Å². The lowest BCUT2D eigenvalue weighted by Gasteiger charge is -2.32. The summed E-state index contributed by atoms with van der Waals surface area (Å²) < 4.78 is 18.5. The Hall–Kier alpha value is -1.17. The van der Waals surface area contributed by atoms with Crippen LogP contribution in [-0.2, 0) is 16.1 Å². The van der Waals surface area contributed by atoms with Crippen molar-refractivity contribution >= 4 is 18.3 Å². The maximum absolute atomic E-state index is 13.2. The molecule has 1 aliphatic rings. The van der Waals surface area contributed by atoms with Gasteiger partial charge in [0.05, 0.1) is 6.10 Å². The average Bonchev–Trinajstić information content (AvgIpc) is 2.48. The van der Waals surface area contributed by atoms with E-state index in [0.29, 0.717) is 18.5 Å². The summed E-state index contributed by atoms with van der Waals surface area (Å²) >= 11 is 0. The van der Waals surface area contributed by atoms with Gasteiger partial charge < -0.3 is 15.8 Å². The number of nitrogens with one attached hydrogen (secondary N) is 1. The van der Waals surface area contributed by atoms with Gasteiger partial charge in [-0.25, -0.2) is 4.39 Å². The lowest BCUT2D eigenvalue weighted by Crippen LogP contribution is -2.45. The molecule has 4 nitrogen and oxygen atoms in total. The van der Waals surface area contributed by atoms with Crippen molar-refractivity contribution in [2.45, 2.75) is 44.9 Å². The summed E-state index contributed by atoms with van der Waals surface area (Å²) in [6.45, 7) is 2.13. The highest BCUT2D eigenvalue weighted by Gasteiger charge is 2.31. The fraction of sp³-hybridized carbons (Fsp3) is 0.562. The number of carbonyl (C=O) groups is 1. The van der Waals surface area contributed by atoms with Crippen LogP contribution < -0.4 is 11.1 Å². The van der Waals surface area contributed by atoms with Crippen molar-refractivity contribution in [3.63, 3.8) is 0 Å². The minimum Gasteiger partial charge on any atom is -0.380 e. The van der Waals surface area contributed by atoms with Gasteiger partial charge in [0.2, 0.25) is 5.91 Å². The van der Waals surface area contributed by atoms with Crippen molar-refractivity contribution in [3.8, 4) is 0 Å². The van der Waals surface area contributed by atoms with Crippen molar-refractivity contribution < 1.29 is 13.9 Å². The average molecular weight is 331 g/mol. The minimum atomic E-state index is -0.228. The molecule has 0 spiro atoms. The first-order chi connectivity index (χ1) is 10.0.